The van der Waals surface area contributed by atoms with E-state index in [9.17, 15) is 4.91 Å². The van der Waals surface area contributed by atoms with Gasteiger partial charge in [0.05, 0.1) is 0 Å². The van der Waals surface area contributed by atoms with Gasteiger partial charge in [0.25, 0.3) is 0 Å². The molecule has 0 aliphatic rings. The Balaban J connectivity index is 3.28. The molecule has 0 aromatic heterocycles. The van der Waals surface area contributed by atoms with Gasteiger partial charge in [-0.1, -0.05) is 109 Å². The molecule has 0 aliphatic carbocycles. The first-order valence-corrected chi connectivity index (χ1v) is 10.1. The Morgan fingerprint density at radius 1 is 0.591 bits per heavy atom. The predicted molar refractivity (Wildman–Crippen MR) is 99.4 cm³/mol. The zero-order valence-electron chi connectivity index (χ0n) is 15.7. The first-order valence-electron chi connectivity index (χ1n) is 10.1. The summed E-state index contributed by atoms with van der Waals surface area (Å²) in [4.78, 5) is 11.0. The molecule has 22 heavy (non-hydrogen) atoms. The third-order valence-electron chi connectivity index (χ3n) is 5.26. The Bertz CT molecular complexity index is 236. The molecule has 0 aromatic carbocycles. The molecule has 0 spiro atoms. The molecule has 2 heteroatoms. The van der Waals surface area contributed by atoms with Crippen molar-refractivity contribution >= 4 is 0 Å². The third kappa shape index (κ3) is 11.2. The Morgan fingerprint density at radius 2 is 0.955 bits per heavy atom. The molecule has 0 amide bonds. The lowest BCUT2D eigenvalue weighted by molar-refractivity contribution is 0.350. The van der Waals surface area contributed by atoms with Crippen molar-refractivity contribution in [3.8, 4) is 0 Å². The summed E-state index contributed by atoms with van der Waals surface area (Å²) in [7, 11) is 0. The molecule has 132 valence electrons. The van der Waals surface area contributed by atoms with Crippen LogP contribution >= 0.6 is 0 Å². The fourth-order valence-corrected chi connectivity index (χ4v) is 3.25. The van der Waals surface area contributed by atoms with Crippen molar-refractivity contribution in [2.45, 2.75) is 129 Å². The summed E-state index contributed by atoms with van der Waals surface area (Å²) in [6, 6.07) is 0. The molecule has 0 saturated carbocycles. The second-order valence-corrected chi connectivity index (χ2v) is 7.02. The number of unbranched alkanes of at least 4 members (excludes halogenated alkanes) is 12. The van der Waals surface area contributed by atoms with Gasteiger partial charge in [-0.2, -0.15) is 4.91 Å². The van der Waals surface area contributed by atoms with E-state index in [4.69, 9.17) is 0 Å². The van der Waals surface area contributed by atoms with Crippen LogP contribution in [0.1, 0.15) is 124 Å². The molecule has 0 fully saturated rings. The van der Waals surface area contributed by atoms with Crippen LogP contribution in [0.3, 0.4) is 0 Å². The van der Waals surface area contributed by atoms with Gasteiger partial charge < -0.3 is 0 Å². The Morgan fingerprint density at radius 3 is 1.27 bits per heavy atom. The molecule has 0 unspecified atom stereocenters. The van der Waals surface area contributed by atoms with E-state index >= 15 is 0 Å². The van der Waals surface area contributed by atoms with Gasteiger partial charge in [-0.05, 0) is 19.3 Å². The molecule has 0 N–H and O–H groups in total. The van der Waals surface area contributed by atoms with Crippen molar-refractivity contribution in [1.82, 2.24) is 0 Å². The summed E-state index contributed by atoms with van der Waals surface area (Å²) in [6.07, 6.45) is 20.7. The highest BCUT2D eigenvalue weighted by Gasteiger charge is 2.26. The Labute approximate surface area is 139 Å². The molecular weight excluding hydrogens is 270 g/mol. The van der Waals surface area contributed by atoms with Gasteiger partial charge in [0.15, 0.2) is 0 Å². The van der Waals surface area contributed by atoms with E-state index in [1.54, 1.807) is 0 Å². The minimum atomic E-state index is -0.266. The zero-order chi connectivity index (χ0) is 16.5. The molecule has 0 atom stereocenters. The van der Waals surface area contributed by atoms with E-state index < -0.39 is 0 Å². The number of nitroso groups, excluding NO2 is 1. The van der Waals surface area contributed by atoms with Crippen LogP contribution in [0.2, 0.25) is 0 Å². The van der Waals surface area contributed by atoms with E-state index in [1.807, 2.05) is 0 Å². The van der Waals surface area contributed by atoms with Crippen LogP contribution in [0.15, 0.2) is 5.18 Å². The van der Waals surface area contributed by atoms with Gasteiger partial charge in [0, 0.05) is 0 Å². The molecule has 2 nitrogen and oxygen atoms in total. The van der Waals surface area contributed by atoms with Crippen molar-refractivity contribution in [3.05, 3.63) is 4.91 Å². The van der Waals surface area contributed by atoms with Crippen molar-refractivity contribution < 1.29 is 0 Å². The molecule has 0 rings (SSSR count). The van der Waals surface area contributed by atoms with Crippen molar-refractivity contribution in [2.75, 3.05) is 0 Å². The third-order valence-corrected chi connectivity index (χ3v) is 5.26. The monoisotopic (exact) mass is 311 g/mol. The molecule has 0 saturated heterocycles. The molecule has 0 heterocycles. The normalized spacial score (nSPS) is 11.8. The molecule has 0 aliphatic heterocycles. The summed E-state index contributed by atoms with van der Waals surface area (Å²) in [6.45, 7) is 6.46. The fourth-order valence-electron chi connectivity index (χ4n) is 3.25. The summed E-state index contributed by atoms with van der Waals surface area (Å²) < 4.78 is 0. The topological polar surface area (TPSA) is 29.4 Å². The summed E-state index contributed by atoms with van der Waals surface area (Å²) >= 11 is 0. The van der Waals surface area contributed by atoms with Gasteiger partial charge in [-0.25, -0.2) is 0 Å². The lowest BCUT2D eigenvalue weighted by Crippen LogP contribution is -2.23. The molecular formula is C20H41NO. The number of nitrogens with zero attached hydrogens (tertiary/aromatic N) is 1. The maximum absolute atomic E-state index is 11.0. The lowest BCUT2D eigenvalue weighted by atomic mass is 9.88. The lowest BCUT2D eigenvalue weighted by Gasteiger charge is -2.22. The number of rotatable bonds is 17. The summed E-state index contributed by atoms with van der Waals surface area (Å²) in [5, 5.41) is 3.40. The van der Waals surface area contributed by atoms with Crippen molar-refractivity contribution in [3.63, 3.8) is 0 Å². The SMILES string of the molecule is CCCCCCCCCCCCCCCC(CC)(CC)N=O. The maximum Gasteiger partial charge on any atom is 0.102 e. The minimum absolute atomic E-state index is 0.266. The van der Waals surface area contributed by atoms with Gasteiger partial charge >= 0.3 is 0 Å². The molecule has 0 radical (unpaired) electrons. The van der Waals surface area contributed by atoms with Gasteiger partial charge in [0.1, 0.15) is 5.54 Å². The minimum Gasteiger partial charge on any atom is -0.150 e. The van der Waals surface area contributed by atoms with Crippen LogP contribution in [0.4, 0.5) is 0 Å². The average Bonchev–Trinajstić information content (AvgIpc) is 2.56. The summed E-state index contributed by atoms with van der Waals surface area (Å²) in [5.41, 5.74) is -0.266. The predicted octanol–water partition coefficient (Wildman–Crippen LogP) is 7.79. The number of hydrogen-bond acceptors (Lipinski definition) is 2. The van der Waals surface area contributed by atoms with Gasteiger partial charge in [0.2, 0.25) is 0 Å². The van der Waals surface area contributed by atoms with E-state index in [2.05, 4.69) is 25.9 Å². The number of hydrogen-bond donors (Lipinski definition) is 0. The van der Waals surface area contributed by atoms with Crippen LogP contribution in [-0.4, -0.2) is 5.54 Å². The first-order chi connectivity index (χ1) is 10.7. The van der Waals surface area contributed by atoms with E-state index in [0.29, 0.717) is 0 Å². The smallest absolute Gasteiger partial charge is 0.102 e. The van der Waals surface area contributed by atoms with Crippen LogP contribution in [-0.2, 0) is 0 Å². The fraction of sp³-hybridized carbons (Fsp3) is 1.00. The largest absolute Gasteiger partial charge is 0.150 e. The zero-order valence-corrected chi connectivity index (χ0v) is 15.7. The Hall–Kier alpha value is -0.400. The van der Waals surface area contributed by atoms with Crippen LogP contribution in [0.5, 0.6) is 0 Å². The average molecular weight is 312 g/mol. The van der Waals surface area contributed by atoms with Crippen LogP contribution < -0.4 is 0 Å². The second-order valence-electron chi connectivity index (χ2n) is 7.02. The van der Waals surface area contributed by atoms with E-state index in [-0.39, 0.29) is 5.54 Å². The molecule has 0 bridgehead atoms. The quantitative estimate of drug-likeness (QED) is 0.199. The van der Waals surface area contributed by atoms with Gasteiger partial charge in [-0.3, -0.25) is 0 Å². The highest BCUT2D eigenvalue weighted by Crippen LogP contribution is 2.27. The van der Waals surface area contributed by atoms with E-state index in [1.165, 1.54) is 83.5 Å². The van der Waals surface area contributed by atoms with Crippen molar-refractivity contribution in [1.29, 1.82) is 0 Å². The maximum atomic E-state index is 11.0. The highest BCUT2D eigenvalue weighted by molar-refractivity contribution is 4.84. The van der Waals surface area contributed by atoms with Crippen molar-refractivity contribution in [2.24, 2.45) is 5.18 Å². The standard InChI is InChI=1S/C20H41NO/c1-4-7-8-9-10-11-12-13-14-15-16-17-18-19-20(5-2,6-3)21-22/h4-19H2,1-3H3. The summed E-state index contributed by atoms with van der Waals surface area (Å²) in [5.74, 6) is 0. The van der Waals surface area contributed by atoms with Crippen LogP contribution in [0.25, 0.3) is 0 Å². The highest BCUT2D eigenvalue weighted by atomic mass is 16.3. The van der Waals surface area contributed by atoms with E-state index in [0.717, 1.165) is 19.3 Å². The van der Waals surface area contributed by atoms with Gasteiger partial charge in [-0.15, -0.1) is 0 Å². The second kappa shape index (κ2) is 15.5. The van der Waals surface area contributed by atoms with Crippen LogP contribution in [0, 0.1) is 4.91 Å². The molecule has 0 aromatic rings. The first kappa shape index (κ1) is 21.6. The Kier molecular flexibility index (Phi) is 15.2.